The maximum atomic E-state index is 14.0. The Morgan fingerprint density at radius 3 is 2.21 bits per heavy atom. The second-order valence-corrected chi connectivity index (χ2v) is 8.13. The summed E-state index contributed by atoms with van der Waals surface area (Å²) >= 11 is 0. The van der Waals surface area contributed by atoms with E-state index in [9.17, 15) is 17.2 Å². The summed E-state index contributed by atoms with van der Waals surface area (Å²) < 4.78 is 49.8. The van der Waals surface area contributed by atoms with Crippen molar-refractivity contribution in [2.45, 2.75) is 11.8 Å². The molecule has 0 spiro atoms. The average Bonchev–Trinajstić information content (AvgIpc) is 2.61. The SMILES string of the molecule is Cc1cc(Nc2nc(Nc3ccc(S(=O)(=O)Cl)cc3)ncc2F)ccc1F.Cl. The lowest BCUT2D eigenvalue weighted by molar-refractivity contribution is 0.609. The minimum atomic E-state index is -3.82. The first-order chi connectivity index (χ1) is 12.7. The number of hydrogen-bond donors (Lipinski definition) is 2. The summed E-state index contributed by atoms with van der Waals surface area (Å²) in [6.07, 6.45) is 0.978. The largest absolute Gasteiger partial charge is 0.338 e. The Balaban J connectivity index is 0.00000280. The van der Waals surface area contributed by atoms with Gasteiger partial charge in [0.25, 0.3) is 9.05 Å². The molecule has 148 valence electrons. The highest BCUT2D eigenvalue weighted by Crippen LogP contribution is 2.23. The van der Waals surface area contributed by atoms with Crippen molar-refractivity contribution < 1.29 is 17.2 Å². The molecule has 1 aromatic heterocycles. The van der Waals surface area contributed by atoms with Crippen LogP contribution in [0.4, 0.5) is 31.9 Å². The number of rotatable bonds is 5. The molecule has 1 heterocycles. The van der Waals surface area contributed by atoms with Gasteiger partial charge in [0.15, 0.2) is 11.6 Å². The van der Waals surface area contributed by atoms with Gasteiger partial charge in [-0.05, 0) is 55.0 Å². The van der Waals surface area contributed by atoms with Gasteiger partial charge in [0, 0.05) is 22.1 Å². The van der Waals surface area contributed by atoms with Crippen LogP contribution >= 0.6 is 23.1 Å². The van der Waals surface area contributed by atoms with Crippen molar-refractivity contribution in [3.8, 4) is 0 Å². The highest BCUT2D eigenvalue weighted by Gasteiger charge is 2.11. The van der Waals surface area contributed by atoms with E-state index >= 15 is 0 Å². The molecule has 6 nitrogen and oxygen atoms in total. The molecule has 0 fully saturated rings. The van der Waals surface area contributed by atoms with Gasteiger partial charge in [-0.1, -0.05) is 0 Å². The Bertz CT molecular complexity index is 1100. The van der Waals surface area contributed by atoms with Crippen LogP contribution in [0.3, 0.4) is 0 Å². The van der Waals surface area contributed by atoms with Crippen LogP contribution < -0.4 is 10.6 Å². The van der Waals surface area contributed by atoms with Crippen LogP contribution in [0, 0.1) is 18.6 Å². The Morgan fingerprint density at radius 1 is 0.964 bits per heavy atom. The van der Waals surface area contributed by atoms with Crippen LogP contribution in [-0.2, 0) is 9.05 Å². The zero-order chi connectivity index (χ0) is 19.6. The number of nitrogens with zero attached hydrogens (tertiary/aromatic N) is 2. The number of anilines is 4. The minimum Gasteiger partial charge on any atom is -0.338 e. The summed E-state index contributed by atoms with van der Waals surface area (Å²) in [6.45, 7) is 1.59. The third-order valence-corrected chi connectivity index (χ3v) is 4.93. The Hall–Kier alpha value is -2.49. The van der Waals surface area contributed by atoms with Crippen molar-refractivity contribution in [1.29, 1.82) is 0 Å². The van der Waals surface area contributed by atoms with E-state index in [4.69, 9.17) is 10.7 Å². The van der Waals surface area contributed by atoms with Crippen molar-refractivity contribution in [1.82, 2.24) is 9.97 Å². The molecule has 2 aromatic carbocycles. The van der Waals surface area contributed by atoms with Gasteiger partial charge in [-0.25, -0.2) is 22.2 Å². The molecule has 0 radical (unpaired) electrons. The van der Waals surface area contributed by atoms with Crippen molar-refractivity contribution in [2.24, 2.45) is 0 Å². The van der Waals surface area contributed by atoms with Gasteiger partial charge in [0.05, 0.1) is 11.1 Å². The second-order valence-electron chi connectivity index (χ2n) is 5.57. The molecule has 0 saturated carbocycles. The van der Waals surface area contributed by atoms with Gasteiger partial charge in [-0.15, -0.1) is 12.4 Å². The molecule has 28 heavy (non-hydrogen) atoms. The molecular formula is C17H14Cl2F2N4O2S. The molecule has 3 rings (SSSR count). The van der Waals surface area contributed by atoms with Crippen LogP contribution in [0.5, 0.6) is 0 Å². The van der Waals surface area contributed by atoms with Gasteiger partial charge in [-0.3, -0.25) is 0 Å². The van der Waals surface area contributed by atoms with Crippen LogP contribution in [0.2, 0.25) is 0 Å². The normalized spacial score (nSPS) is 10.9. The first-order valence-corrected chi connectivity index (χ1v) is 9.91. The molecule has 0 atom stereocenters. The minimum absolute atomic E-state index is 0. The van der Waals surface area contributed by atoms with E-state index in [0.29, 0.717) is 16.9 Å². The molecule has 0 saturated heterocycles. The number of hydrogen-bond acceptors (Lipinski definition) is 6. The van der Waals surface area contributed by atoms with Crippen LogP contribution in [0.15, 0.2) is 53.6 Å². The van der Waals surface area contributed by atoms with E-state index in [2.05, 4.69) is 20.6 Å². The number of benzene rings is 2. The number of aromatic nitrogens is 2. The van der Waals surface area contributed by atoms with E-state index in [1.165, 1.54) is 42.5 Å². The highest BCUT2D eigenvalue weighted by atomic mass is 35.7. The van der Waals surface area contributed by atoms with Crippen molar-refractivity contribution in [3.63, 3.8) is 0 Å². The fourth-order valence-electron chi connectivity index (χ4n) is 2.20. The number of aryl methyl sites for hydroxylation is 1. The predicted octanol–water partition coefficient (Wildman–Crippen LogP) is 4.90. The number of nitrogens with one attached hydrogen (secondary N) is 2. The van der Waals surface area contributed by atoms with Crippen molar-refractivity contribution >= 4 is 55.3 Å². The zero-order valence-electron chi connectivity index (χ0n) is 14.3. The lowest BCUT2D eigenvalue weighted by Gasteiger charge is -2.10. The maximum Gasteiger partial charge on any atom is 0.261 e. The van der Waals surface area contributed by atoms with E-state index in [0.717, 1.165) is 6.20 Å². The van der Waals surface area contributed by atoms with E-state index in [1.54, 1.807) is 6.92 Å². The smallest absolute Gasteiger partial charge is 0.261 e. The van der Waals surface area contributed by atoms with E-state index in [1.807, 2.05) is 0 Å². The van der Waals surface area contributed by atoms with Gasteiger partial charge in [0.2, 0.25) is 5.95 Å². The summed E-state index contributed by atoms with van der Waals surface area (Å²) in [7, 11) is 1.44. The summed E-state index contributed by atoms with van der Waals surface area (Å²) in [5, 5.41) is 5.60. The fraction of sp³-hybridized carbons (Fsp3) is 0.0588. The monoisotopic (exact) mass is 446 g/mol. The summed E-state index contributed by atoms with van der Waals surface area (Å²) in [6, 6.07) is 9.82. The highest BCUT2D eigenvalue weighted by molar-refractivity contribution is 8.13. The van der Waals surface area contributed by atoms with Gasteiger partial charge >= 0.3 is 0 Å². The first-order valence-electron chi connectivity index (χ1n) is 7.60. The Labute approximate surface area is 170 Å². The average molecular weight is 447 g/mol. The lowest BCUT2D eigenvalue weighted by Crippen LogP contribution is -2.03. The molecule has 0 aliphatic carbocycles. The molecule has 0 bridgehead atoms. The van der Waals surface area contributed by atoms with Gasteiger partial charge in [-0.2, -0.15) is 4.98 Å². The third-order valence-electron chi connectivity index (χ3n) is 3.56. The van der Waals surface area contributed by atoms with Gasteiger partial charge < -0.3 is 10.6 Å². The maximum absolute atomic E-state index is 14.0. The van der Waals surface area contributed by atoms with E-state index < -0.39 is 14.9 Å². The summed E-state index contributed by atoms with van der Waals surface area (Å²) in [4.78, 5) is 7.82. The predicted molar refractivity (Wildman–Crippen MR) is 106 cm³/mol. The fourth-order valence-corrected chi connectivity index (χ4v) is 2.97. The molecular weight excluding hydrogens is 433 g/mol. The summed E-state index contributed by atoms with van der Waals surface area (Å²) in [5.74, 6) is -1.07. The quantitative estimate of drug-likeness (QED) is 0.542. The lowest BCUT2D eigenvalue weighted by atomic mass is 10.2. The molecule has 0 aliphatic heterocycles. The standard InChI is InChI=1S/C17H13ClF2N4O2S.ClH/c1-10-8-12(4-7-14(10)19)22-16-15(20)9-21-17(24-16)23-11-2-5-13(6-3-11)27(18,25)26;/h2-9H,1H3,(H2,21,22,23,24);1H. The topological polar surface area (TPSA) is 84.0 Å². The van der Waals surface area contributed by atoms with Crippen molar-refractivity contribution in [2.75, 3.05) is 10.6 Å². The Kier molecular flexibility index (Phi) is 6.76. The third kappa shape index (κ3) is 5.28. The zero-order valence-corrected chi connectivity index (χ0v) is 16.7. The van der Waals surface area contributed by atoms with Crippen LogP contribution in [-0.4, -0.2) is 18.4 Å². The molecule has 0 unspecified atom stereocenters. The molecule has 2 N–H and O–H groups in total. The van der Waals surface area contributed by atoms with E-state index in [-0.39, 0.29) is 34.9 Å². The molecule has 3 aromatic rings. The van der Waals surface area contributed by atoms with Crippen LogP contribution in [0.1, 0.15) is 5.56 Å². The second kappa shape index (κ2) is 8.68. The van der Waals surface area contributed by atoms with Gasteiger partial charge in [0.1, 0.15) is 5.82 Å². The molecule has 0 aliphatic rings. The summed E-state index contributed by atoms with van der Waals surface area (Å²) in [5.41, 5.74) is 1.35. The first kappa shape index (κ1) is 21.8. The van der Waals surface area contributed by atoms with Crippen LogP contribution in [0.25, 0.3) is 0 Å². The number of halogens is 4. The molecule has 0 amide bonds. The molecule has 11 heteroatoms. The van der Waals surface area contributed by atoms with Crippen molar-refractivity contribution in [3.05, 3.63) is 65.9 Å². The Morgan fingerprint density at radius 2 is 1.61 bits per heavy atom.